The lowest BCUT2D eigenvalue weighted by Crippen LogP contribution is -2.14. The predicted octanol–water partition coefficient (Wildman–Crippen LogP) is 13.6. The van der Waals surface area contributed by atoms with Crippen LogP contribution in [0.3, 0.4) is 0 Å². The molecule has 0 atom stereocenters. The Morgan fingerprint density at radius 1 is 0.510 bits per heavy atom. The zero-order chi connectivity index (χ0) is 32.9. The molecule has 0 saturated heterocycles. The maximum absolute atomic E-state index is 2.54. The highest BCUT2D eigenvalue weighted by Gasteiger charge is 2.26. The SMILES string of the molecule is CC(C)(C)c1ccc(N(c2cc3c4ccccc4n4c5ccccc5c(c2)c34)c2c(-c3ccccc3)ccc3sc4ccccc4c23)cc1. The van der Waals surface area contributed by atoms with Crippen LogP contribution in [0.1, 0.15) is 26.3 Å². The molecule has 0 aliphatic heterocycles. The lowest BCUT2D eigenvalue weighted by molar-refractivity contribution is 0.590. The van der Waals surface area contributed by atoms with Gasteiger partial charge in [0.2, 0.25) is 0 Å². The summed E-state index contributed by atoms with van der Waals surface area (Å²) in [5.41, 5.74) is 11.1. The summed E-state index contributed by atoms with van der Waals surface area (Å²) in [6.07, 6.45) is 0. The highest BCUT2D eigenvalue weighted by Crippen LogP contribution is 2.51. The molecule has 0 radical (unpaired) electrons. The standard InChI is InChI=1S/C46H34N2S/c1-46(2,3)30-21-23-31(24-22-30)47(45-33(29-13-5-4-6-14-29)25-26-42-43(45)36-17-9-12-20-41(36)49-42)32-27-37-34-15-7-10-18-39(34)48-40-19-11-8-16-35(40)38(28-32)44(37)48/h4-28H,1-3H3. The quantitative estimate of drug-likeness (QED) is 0.185. The van der Waals surface area contributed by atoms with Crippen molar-refractivity contribution in [1.82, 2.24) is 4.40 Å². The van der Waals surface area contributed by atoms with Crippen molar-refractivity contribution in [2.45, 2.75) is 26.2 Å². The Morgan fingerprint density at radius 3 is 1.76 bits per heavy atom. The fraction of sp³-hybridized carbons (Fsp3) is 0.0870. The Hall–Kier alpha value is -5.64. The van der Waals surface area contributed by atoms with E-state index in [1.807, 2.05) is 11.3 Å². The molecule has 3 heteroatoms. The molecule has 0 spiro atoms. The minimum Gasteiger partial charge on any atom is -0.309 e. The summed E-state index contributed by atoms with van der Waals surface area (Å²) in [5.74, 6) is 0. The van der Waals surface area contributed by atoms with Gasteiger partial charge in [-0.2, -0.15) is 0 Å². The number of thiophene rings is 1. The molecule has 49 heavy (non-hydrogen) atoms. The fourth-order valence-electron chi connectivity index (χ4n) is 7.96. The highest BCUT2D eigenvalue weighted by molar-refractivity contribution is 7.26. The van der Waals surface area contributed by atoms with E-state index in [2.05, 4.69) is 182 Å². The molecule has 0 aliphatic rings. The summed E-state index contributed by atoms with van der Waals surface area (Å²) in [6, 6.07) is 56.3. The predicted molar refractivity (Wildman–Crippen MR) is 213 cm³/mol. The van der Waals surface area contributed by atoms with Crippen LogP contribution in [0.4, 0.5) is 17.1 Å². The molecule has 0 saturated carbocycles. The summed E-state index contributed by atoms with van der Waals surface area (Å²) < 4.78 is 5.06. The largest absolute Gasteiger partial charge is 0.309 e. The van der Waals surface area contributed by atoms with E-state index < -0.39 is 0 Å². The van der Waals surface area contributed by atoms with Crippen molar-refractivity contribution in [1.29, 1.82) is 0 Å². The molecule has 3 heterocycles. The summed E-state index contributed by atoms with van der Waals surface area (Å²) in [7, 11) is 0. The van der Waals surface area contributed by atoms with Crippen molar-refractivity contribution >= 4 is 86.7 Å². The van der Waals surface area contributed by atoms with E-state index in [0.717, 1.165) is 11.4 Å². The van der Waals surface area contributed by atoms with Gasteiger partial charge in [-0.3, -0.25) is 0 Å². The molecule has 7 aromatic carbocycles. The van der Waals surface area contributed by atoms with E-state index in [-0.39, 0.29) is 5.41 Å². The van der Waals surface area contributed by atoms with Crippen LogP contribution in [0.5, 0.6) is 0 Å². The minimum absolute atomic E-state index is 0.0541. The van der Waals surface area contributed by atoms with Crippen molar-refractivity contribution in [3.05, 3.63) is 157 Å². The molecule has 10 aromatic rings. The maximum Gasteiger partial charge on any atom is 0.0633 e. The first-order chi connectivity index (χ1) is 24.0. The number of hydrogen-bond donors (Lipinski definition) is 0. The molecule has 0 aliphatic carbocycles. The van der Waals surface area contributed by atoms with Gasteiger partial charge >= 0.3 is 0 Å². The summed E-state index contributed by atoms with van der Waals surface area (Å²) in [4.78, 5) is 2.54. The molecule has 0 N–H and O–H groups in total. The number of benzene rings is 7. The normalized spacial score (nSPS) is 12.4. The molecule has 0 fully saturated rings. The highest BCUT2D eigenvalue weighted by atomic mass is 32.1. The summed E-state index contributed by atoms with van der Waals surface area (Å²) >= 11 is 1.88. The van der Waals surface area contributed by atoms with Crippen LogP contribution in [-0.4, -0.2) is 4.40 Å². The maximum atomic E-state index is 2.54. The van der Waals surface area contributed by atoms with Gasteiger partial charge in [-0.25, -0.2) is 0 Å². The molecule has 0 amide bonds. The number of nitrogens with zero attached hydrogens (tertiary/aromatic N) is 2. The van der Waals surface area contributed by atoms with Crippen LogP contribution in [-0.2, 0) is 5.41 Å². The van der Waals surface area contributed by atoms with Crippen LogP contribution in [0.2, 0.25) is 0 Å². The number of hydrogen-bond acceptors (Lipinski definition) is 2. The molecular weight excluding hydrogens is 613 g/mol. The van der Waals surface area contributed by atoms with Crippen LogP contribution >= 0.6 is 11.3 Å². The topological polar surface area (TPSA) is 7.65 Å². The number of fused-ring (bicyclic) bond motifs is 9. The minimum atomic E-state index is 0.0541. The third kappa shape index (κ3) is 4.19. The van der Waals surface area contributed by atoms with Crippen molar-refractivity contribution in [3.8, 4) is 11.1 Å². The van der Waals surface area contributed by atoms with Crippen LogP contribution in [0.25, 0.3) is 69.4 Å². The number of rotatable bonds is 4. The molecule has 0 unspecified atom stereocenters. The first-order valence-electron chi connectivity index (χ1n) is 17.0. The second-order valence-corrected chi connectivity index (χ2v) is 15.3. The Labute approximate surface area is 289 Å². The average molecular weight is 647 g/mol. The summed E-state index contributed by atoms with van der Waals surface area (Å²) in [5, 5.41) is 7.69. The van der Waals surface area contributed by atoms with Gasteiger partial charge < -0.3 is 9.30 Å². The molecular formula is C46H34N2S. The van der Waals surface area contributed by atoms with E-state index in [1.165, 1.54) is 80.6 Å². The van der Waals surface area contributed by atoms with Crippen LogP contribution in [0, 0.1) is 0 Å². The van der Waals surface area contributed by atoms with Gasteiger partial charge in [-0.15, -0.1) is 11.3 Å². The van der Waals surface area contributed by atoms with Gasteiger partial charge in [0, 0.05) is 58.7 Å². The second-order valence-electron chi connectivity index (χ2n) is 14.2. The molecule has 0 bridgehead atoms. The molecule has 10 rings (SSSR count). The first kappa shape index (κ1) is 28.4. The van der Waals surface area contributed by atoms with Crippen LogP contribution in [0.15, 0.2) is 152 Å². The van der Waals surface area contributed by atoms with Crippen molar-refractivity contribution in [3.63, 3.8) is 0 Å². The van der Waals surface area contributed by atoms with E-state index in [9.17, 15) is 0 Å². The zero-order valence-corrected chi connectivity index (χ0v) is 28.6. The van der Waals surface area contributed by atoms with E-state index in [4.69, 9.17) is 0 Å². The molecule has 234 valence electrons. The van der Waals surface area contributed by atoms with Crippen LogP contribution < -0.4 is 4.90 Å². The fourth-order valence-corrected chi connectivity index (χ4v) is 9.07. The number of anilines is 3. The Kier molecular flexibility index (Phi) is 6.04. The zero-order valence-electron chi connectivity index (χ0n) is 27.7. The number of aromatic nitrogens is 1. The summed E-state index contributed by atoms with van der Waals surface area (Å²) in [6.45, 7) is 6.86. The molecule has 2 nitrogen and oxygen atoms in total. The van der Waals surface area contributed by atoms with Crippen molar-refractivity contribution < 1.29 is 0 Å². The van der Waals surface area contributed by atoms with Gasteiger partial charge in [0.05, 0.1) is 22.2 Å². The van der Waals surface area contributed by atoms with Gasteiger partial charge in [-0.1, -0.05) is 124 Å². The Bertz CT molecular complexity index is 2770. The van der Waals surface area contributed by atoms with E-state index in [1.54, 1.807) is 0 Å². The Morgan fingerprint density at radius 2 is 1.10 bits per heavy atom. The van der Waals surface area contributed by atoms with Crippen molar-refractivity contribution in [2.75, 3.05) is 4.90 Å². The van der Waals surface area contributed by atoms with Gasteiger partial charge in [-0.05, 0) is 65.1 Å². The lowest BCUT2D eigenvalue weighted by Gasteiger charge is -2.30. The Balaban J connectivity index is 1.38. The third-order valence-electron chi connectivity index (χ3n) is 10.3. The molecule has 3 aromatic heterocycles. The van der Waals surface area contributed by atoms with E-state index in [0.29, 0.717) is 0 Å². The van der Waals surface area contributed by atoms with Gasteiger partial charge in [0.25, 0.3) is 0 Å². The third-order valence-corrected chi connectivity index (χ3v) is 11.4. The average Bonchev–Trinajstić information content (AvgIpc) is 3.79. The first-order valence-corrected chi connectivity index (χ1v) is 17.8. The second kappa shape index (κ2) is 10.4. The number of para-hydroxylation sites is 2. The monoisotopic (exact) mass is 646 g/mol. The lowest BCUT2D eigenvalue weighted by atomic mass is 9.87. The van der Waals surface area contributed by atoms with Crippen molar-refractivity contribution in [2.24, 2.45) is 0 Å². The van der Waals surface area contributed by atoms with Gasteiger partial charge in [0.15, 0.2) is 0 Å². The smallest absolute Gasteiger partial charge is 0.0633 e. The van der Waals surface area contributed by atoms with E-state index >= 15 is 0 Å². The van der Waals surface area contributed by atoms with Gasteiger partial charge in [0.1, 0.15) is 0 Å².